The zero-order chi connectivity index (χ0) is 14.9. The molecule has 0 bridgehead atoms. The molecular formula is C17H24Cl2N2. The fourth-order valence-electron chi connectivity index (χ4n) is 3.89. The monoisotopic (exact) mass is 326 g/mol. The molecule has 116 valence electrons. The molecule has 1 aromatic carbocycles. The van der Waals surface area contributed by atoms with Gasteiger partial charge in [-0.1, -0.05) is 43.0 Å². The van der Waals surface area contributed by atoms with Gasteiger partial charge < -0.3 is 5.32 Å². The first-order valence-electron chi connectivity index (χ1n) is 8.05. The molecule has 1 N–H and O–H groups in total. The van der Waals surface area contributed by atoms with Crippen molar-refractivity contribution in [2.24, 2.45) is 0 Å². The van der Waals surface area contributed by atoms with Gasteiger partial charge in [-0.05, 0) is 43.0 Å². The van der Waals surface area contributed by atoms with Gasteiger partial charge in [0.05, 0.1) is 0 Å². The summed E-state index contributed by atoms with van der Waals surface area (Å²) < 4.78 is 0. The van der Waals surface area contributed by atoms with Crippen LogP contribution in [-0.2, 0) is 6.54 Å². The zero-order valence-corrected chi connectivity index (χ0v) is 14.2. The quantitative estimate of drug-likeness (QED) is 0.880. The van der Waals surface area contributed by atoms with Crippen molar-refractivity contribution in [3.63, 3.8) is 0 Å². The number of piperazine rings is 1. The fourth-order valence-corrected chi connectivity index (χ4v) is 4.27. The molecule has 2 aliphatic rings. The van der Waals surface area contributed by atoms with Gasteiger partial charge in [0.15, 0.2) is 0 Å². The van der Waals surface area contributed by atoms with Gasteiger partial charge in [-0.2, -0.15) is 0 Å². The molecule has 1 aromatic rings. The number of hydrogen-bond acceptors (Lipinski definition) is 2. The highest BCUT2D eigenvalue weighted by Crippen LogP contribution is 2.34. The van der Waals surface area contributed by atoms with Crippen molar-refractivity contribution in [3.8, 4) is 0 Å². The second-order valence-electron chi connectivity index (χ2n) is 6.57. The van der Waals surface area contributed by atoms with Crippen LogP contribution in [0.1, 0.15) is 44.6 Å². The van der Waals surface area contributed by atoms with E-state index in [1.807, 2.05) is 18.2 Å². The summed E-state index contributed by atoms with van der Waals surface area (Å²) in [5, 5.41) is 5.44. The number of nitrogens with one attached hydrogen (secondary N) is 1. The lowest BCUT2D eigenvalue weighted by molar-refractivity contribution is 0.0718. The Hall–Kier alpha value is -0.280. The highest BCUT2D eigenvalue weighted by Gasteiger charge is 2.40. The van der Waals surface area contributed by atoms with Crippen LogP contribution in [0.15, 0.2) is 18.2 Å². The molecule has 3 rings (SSSR count). The van der Waals surface area contributed by atoms with Crippen LogP contribution in [0.25, 0.3) is 0 Å². The van der Waals surface area contributed by atoms with Gasteiger partial charge in [-0.3, -0.25) is 4.90 Å². The van der Waals surface area contributed by atoms with Crippen LogP contribution in [0.3, 0.4) is 0 Å². The van der Waals surface area contributed by atoms with E-state index in [1.165, 1.54) is 32.1 Å². The van der Waals surface area contributed by atoms with E-state index in [4.69, 9.17) is 23.2 Å². The van der Waals surface area contributed by atoms with E-state index in [2.05, 4.69) is 17.1 Å². The van der Waals surface area contributed by atoms with Gasteiger partial charge in [0.1, 0.15) is 0 Å². The third-order valence-corrected chi connectivity index (χ3v) is 5.75. The first kappa shape index (κ1) is 15.6. The summed E-state index contributed by atoms with van der Waals surface area (Å²) >= 11 is 12.5. The van der Waals surface area contributed by atoms with Crippen LogP contribution in [0.5, 0.6) is 0 Å². The maximum atomic E-state index is 6.36. The van der Waals surface area contributed by atoms with Crippen molar-refractivity contribution in [2.45, 2.75) is 57.2 Å². The SMILES string of the molecule is CCC1CNC2(CCCC2)CN1Cc1cc(Cl)ccc1Cl. The number of rotatable bonds is 3. The van der Waals surface area contributed by atoms with Crippen LogP contribution in [0.4, 0.5) is 0 Å². The molecule has 1 saturated heterocycles. The van der Waals surface area contributed by atoms with Gasteiger partial charge in [0.25, 0.3) is 0 Å². The molecule has 1 atom stereocenters. The third-order valence-electron chi connectivity index (χ3n) is 5.15. The summed E-state index contributed by atoms with van der Waals surface area (Å²) in [6.07, 6.45) is 6.50. The van der Waals surface area contributed by atoms with Gasteiger partial charge in [-0.25, -0.2) is 0 Å². The number of nitrogens with zero attached hydrogens (tertiary/aromatic N) is 1. The lowest BCUT2D eigenvalue weighted by Gasteiger charge is -2.46. The van der Waals surface area contributed by atoms with E-state index >= 15 is 0 Å². The molecule has 2 fully saturated rings. The molecule has 0 radical (unpaired) electrons. The molecule has 4 heteroatoms. The summed E-state index contributed by atoms with van der Waals surface area (Å²) in [4.78, 5) is 2.61. The lowest BCUT2D eigenvalue weighted by Crippen LogP contribution is -2.62. The lowest BCUT2D eigenvalue weighted by atomic mass is 9.91. The number of benzene rings is 1. The van der Waals surface area contributed by atoms with E-state index in [1.54, 1.807) is 0 Å². The molecule has 0 amide bonds. The summed E-state index contributed by atoms with van der Waals surface area (Å²) in [6, 6.07) is 6.38. The van der Waals surface area contributed by atoms with Crippen molar-refractivity contribution >= 4 is 23.2 Å². The second-order valence-corrected chi connectivity index (χ2v) is 7.41. The third kappa shape index (κ3) is 3.39. The fraction of sp³-hybridized carbons (Fsp3) is 0.647. The minimum absolute atomic E-state index is 0.344. The number of halogens is 2. The van der Waals surface area contributed by atoms with Gasteiger partial charge >= 0.3 is 0 Å². The van der Waals surface area contributed by atoms with Gasteiger partial charge in [0.2, 0.25) is 0 Å². The molecule has 1 aliphatic carbocycles. The Morgan fingerprint density at radius 2 is 2.05 bits per heavy atom. The molecule has 1 saturated carbocycles. The predicted molar refractivity (Wildman–Crippen MR) is 90.2 cm³/mol. The van der Waals surface area contributed by atoms with Crippen LogP contribution in [0.2, 0.25) is 10.0 Å². The molecule has 1 spiro atoms. The second kappa shape index (κ2) is 6.45. The molecule has 1 aliphatic heterocycles. The first-order valence-corrected chi connectivity index (χ1v) is 8.80. The van der Waals surface area contributed by atoms with Crippen LogP contribution in [0, 0.1) is 0 Å². The van der Waals surface area contributed by atoms with Crippen molar-refractivity contribution in [2.75, 3.05) is 13.1 Å². The minimum atomic E-state index is 0.344. The van der Waals surface area contributed by atoms with E-state index in [-0.39, 0.29) is 0 Å². The molecule has 21 heavy (non-hydrogen) atoms. The van der Waals surface area contributed by atoms with E-state index in [0.29, 0.717) is 11.6 Å². The maximum absolute atomic E-state index is 6.36. The Morgan fingerprint density at radius 1 is 1.29 bits per heavy atom. The van der Waals surface area contributed by atoms with E-state index in [9.17, 15) is 0 Å². The Bertz CT molecular complexity index is 498. The summed E-state index contributed by atoms with van der Waals surface area (Å²) in [7, 11) is 0. The molecular weight excluding hydrogens is 303 g/mol. The predicted octanol–water partition coefficient (Wildman–Crippen LogP) is 4.49. The number of hydrogen-bond donors (Lipinski definition) is 1. The Kier molecular flexibility index (Phi) is 4.80. The highest BCUT2D eigenvalue weighted by atomic mass is 35.5. The smallest absolute Gasteiger partial charge is 0.0452 e. The summed E-state index contributed by atoms with van der Waals surface area (Å²) in [6.45, 7) is 5.40. The molecule has 1 unspecified atom stereocenters. The Morgan fingerprint density at radius 3 is 2.76 bits per heavy atom. The minimum Gasteiger partial charge on any atom is -0.308 e. The average Bonchev–Trinajstić information content (AvgIpc) is 2.91. The molecule has 0 aromatic heterocycles. The van der Waals surface area contributed by atoms with E-state index in [0.717, 1.165) is 35.2 Å². The maximum Gasteiger partial charge on any atom is 0.0452 e. The summed E-state index contributed by atoms with van der Waals surface area (Å²) in [5.41, 5.74) is 1.49. The van der Waals surface area contributed by atoms with Crippen molar-refractivity contribution < 1.29 is 0 Å². The van der Waals surface area contributed by atoms with Crippen molar-refractivity contribution in [3.05, 3.63) is 33.8 Å². The van der Waals surface area contributed by atoms with Crippen molar-refractivity contribution in [1.29, 1.82) is 0 Å². The Balaban J connectivity index is 1.78. The normalized spacial score (nSPS) is 25.6. The highest BCUT2D eigenvalue weighted by molar-refractivity contribution is 6.33. The zero-order valence-electron chi connectivity index (χ0n) is 12.7. The summed E-state index contributed by atoms with van der Waals surface area (Å²) in [5.74, 6) is 0. The standard InChI is InChI=1S/C17H24Cl2N2/c1-2-15-10-20-17(7-3-4-8-17)12-21(15)11-13-9-14(18)5-6-16(13)19/h5-6,9,15,20H,2-4,7-8,10-12H2,1H3. The van der Waals surface area contributed by atoms with Crippen LogP contribution in [-0.4, -0.2) is 29.6 Å². The van der Waals surface area contributed by atoms with Gasteiger partial charge in [-0.15, -0.1) is 0 Å². The average molecular weight is 327 g/mol. The Labute approximate surface area is 137 Å². The molecule has 1 heterocycles. The van der Waals surface area contributed by atoms with Crippen LogP contribution >= 0.6 is 23.2 Å². The van der Waals surface area contributed by atoms with Crippen LogP contribution < -0.4 is 5.32 Å². The first-order chi connectivity index (χ1) is 10.1. The molecule has 2 nitrogen and oxygen atoms in total. The van der Waals surface area contributed by atoms with Gasteiger partial charge in [0, 0.05) is 41.3 Å². The van der Waals surface area contributed by atoms with E-state index < -0.39 is 0 Å². The topological polar surface area (TPSA) is 15.3 Å². The van der Waals surface area contributed by atoms with Crippen molar-refractivity contribution in [1.82, 2.24) is 10.2 Å². The largest absolute Gasteiger partial charge is 0.308 e.